The van der Waals surface area contributed by atoms with Crippen molar-refractivity contribution in [1.29, 1.82) is 0 Å². The van der Waals surface area contributed by atoms with Crippen molar-refractivity contribution in [1.82, 2.24) is 0 Å². The van der Waals surface area contributed by atoms with Crippen LogP contribution in [-0.4, -0.2) is 18.9 Å². The number of rotatable bonds is 2. The first-order valence-electron chi connectivity index (χ1n) is 8.60. The molecule has 27 heavy (non-hydrogen) atoms. The average molecular weight is 358 g/mol. The second-order valence-corrected chi connectivity index (χ2v) is 6.47. The molecule has 3 aromatic rings. The molecular weight excluding hydrogens is 340 g/mol. The second-order valence-electron chi connectivity index (χ2n) is 6.47. The van der Waals surface area contributed by atoms with E-state index in [0.29, 0.717) is 28.3 Å². The van der Waals surface area contributed by atoms with Crippen LogP contribution in [0.2, 0.25) is 0 Å². The van der Waals surface area contributed by atoms with E-state index in [2.05, 4.69) is 5.32 Å². The molecule has 1 heterocycles. The lowest BCUT2D eigenvalue weighted by atomic mass is 10.1. The maximum atomic E-state index is 12.8. The third kappa shape index (κ3) is 3.15. The third-order valence-electron chi connectivity index (χ3n) is 4.50. The van der Waals surface area contributed by atoms with Crippen LogP contribution in [0.5, 0.6) is 11.5 Å². The Morgan fingerprint density at radius 2 is 1.78 bits per heavy atom. The minimum absolute atomic E-state index is 0.180. The van der Waals surface area contributed by atoms with Gasteiger partial charge in [-0.2, -0.15) is 0 Å². The largest absolute Gasteiger partial charge is 0.454 e. The van der Waals surface area contributed by atoms with Gasteiger partial charge in [0.15, 0.2) is 5.75 Å². The van der Waals surface area contributed by atoms with Crippen LogP contribution in [-0.2, 0) is 0 Å². The second kappa shape index (κ2) is 6.61. The SMILES string of the molecule is Cc1cccc(NC(=O)c2ccc3c(c2)N(C)C(=O)c2ccccc2O3)c1. The lowest BCUT2D eigenvalue weighted by Gasteiger charge is -2.17. The number of nitrogens with zero attached hydrogens (tertiary/aromatic N) is 1. The van der Waals surface area contributed by atoms with Crippen molar-refractivity contribution in [3.8, 4) is 11.5 Å². The Hall–Kier alpha value is -3.60. The van der Waals surface area contributed by atoms with E-state index in [0.717, 1.165) is 11.3 Å². The number of aryl methyl sites for hydroxylation is 1. The molecule has 0 radical (unpaired) electrons. The third-order valence-corrected chi connectivity index (χ3v) is 4.50. The van der Waals surface area contributed by atoms with Gasteiger partial charge >= 0.3 is 0 Å². The van der Waals surface area contributed by atoms with Gasteiger partial charge in [-0.1, -0.05) is 24.3 Å². The zero-order chi connectivity index (χ0) is 19.0. The van der Waals surface area contributed by atoms with Gasteiger partial charge in [0, 0.05) is 18.3 Å². The molecule has 5 nitrogen and oxygen atoms in total. The summed E-state index contributed by atoms with van der Waals surface area (Å²) in [6.45, 7) is 1.97. The summed E-state index contributed by atoms with van der Waals surface area (Å²) in [6.07, 6.45) is 0. The van der Waals surface area contributed by atoms with Gasteiger partial charge in [-0.25, -0.2) is 0 Å². The summed E-state index contributed by atoms with van der Waals surface area (Å²) in [7, 11) is 1.68. The van der Waals surface area contributed by atoms with E-state index >= 15 is 0 Å². The Balaban J connectivity index is 1.68. The van der Waals surface area contributed by atoms with E-state index in [1.54, 1.807) is 43.4 Å². The minimum Gasteiger partial charge on any atom is -0.454 e. The Morgan fingerprint density at radius 3 is 2.59 bits per heavy atom. The highest BCUT2D eigenvalue weighted by Crippen LogP contribution is 2.38. The summed E-state index contributed by atoms with van der Waals surface area (Å²) in [6, 6.07) is 19.8. The first-order chi connectivity index (χ1) is 13.0. The first-order valence-corrected chi connectivity index (χ1v) is 8.60. The highest BCUT2D eigenvalue weighted by Gasteiger charge is 2.26. The van der Waals surface area contributed by atoms with Crippen LogP contribution in [0.3, 0.4) is 0 Å². The lowest BCUT2D eigenvalue weighted by Crippen LogP contribution is -2.25. The maximum absolute atomic E-state index is 12.8. The number of para-hydroxylation sites is 1. The summed E-state index contributed by atoms with van der Waals surface area (Å²) in [4.78, 5) is 26.9. The molecular formula is C22H18N2O3. The molecule has 0 unspecified atom stereocenters. The van der Waals surface area contributed by atoms with Gasteiger partial charge in [0.1, 0.15) is 5.75 Å². The molecule has 0 bridgehead atoms. The number of hydrogen-bond acceptors (Lipinski definition) is 3. The van der Waals surface area contributed by atoms with E-state index in [4.69, 9.17) is 4.74 Å². The van der Waals surface area contributed by atoms with Crippen molar-refractivity contribution in [2.75, 3.05) is 17.3 Å². The molecule has 1 N–H and O–H groups in total. The van der Waals surface area contributed by atoms with Gasteiger partial charge in [-0.05, 0) is 55.0 Å². The van der Waals surface area contributed by atoms with Gasteiger partial charge in [-0.15, -0.1) is 0 Å². The van der Waals surface area contributed by atoms with Crippen molar-refractivity contribution in [3.05, 3.63) is 83.4 Å². The van der Waals surface area contributed by atoms with E-state index in [9.17, 15) is 9.59 Å². The average Bonchev–Trinajstić information content (AvgIpc) is 2.77. The lowest BCUT2D eigenvalue weighted by molar-refractivity contribution is 0.0990. The smallest absolute Gasteiger partial charge is 0.261 e. The fourth-order valence-corrected chi connectivity index (χ4v) is 3.07. The highest BCUT2D eigenvalue weighted by atomic mass is 16.5. The van der Waals surface area contributed by atoms with Crippen molar-refractivity contribution in [3.63, 3.8) is 0 Å². The van der Waals surface area contributed by atoms with Crippen molar-refractivity contribution >= 4 is 23.2 Å². The molecule has 0 saturated carbocycles. The highest BCUT2D eigenvalue weighted by molar-refractivity contribution is 6.11. The van der Waals surface area contributed by atoms with E-state index in [1.807, 2.05) is 37.3 Å². The summed E-state index contributed by atoms with van der Waals surface area (Å²) in [5, 5.41) is 2.88. The van der Waals surface area contributed by atoms with Gasteiger partial charge in [-0.3, -0.25) is 9.59 Å². The zero-order valence-electron chi connectivity index (χ0n) is 15.0. The van der Waals surface area contributed by atoms with Crippen LogP contribution in [0.25, 0.3) is 0 Å². The number of ether oxygens (including phenoxy) is 1. The molecule has 2 amide bonds. The number of anilines is 2. The van der Waals surface area contributed by atoms with Gasteiger partial charge < -0.3 is 15.0 Å². The quantitative estimate of drug-likeness (QED) is 0.727. The van der Waals surface area contributed by atoms with Crippen molar-refractivity contribution in [2.24, 2.45) is 0 Å². The van der Waals surface area contributed by atoms with Crippen LogP contribution in [0.15, 0.2) is 66.7 Å². The number of amides is 2. The monoisotopic (exact) mass is 358 g/mol. The molecule has 5 heteroatoms. The fraction of sp³-hybridized carbons (Fsp3) is 0.0909. The summed E-state index contributed by atoms with van der Waals surface area (Å²) >= 11 is 0. The molecule has 134 valence electrons. The predicted molar refractivity (Wildman–Crippen MR) is 105 cm³/mol. The van der Waals surface area contributed by atoms with Crippen LogP contribution >= 0.6 is 0 Å². The minimum atomic E-state index is -0.244. The molecule has 1 aliphatic heterocycles. The summed E-state index contributed by atoms with van der Waals surface area (Å²) in [5.41, 5.74) is 3.27. The molecule has 0 fully saturated rings. The number of carbonyl (C=O) groups excluding carboxylic acids is 2. The van der Waals surface area contributed by atoms with Gasteiger partial charge in [0.25, 0.3) is 11.8 Å². The number of fused-ring (bicyclic) bond motifs is 2. The van der Waals surface area contributed by atoms with Gasteiger partial charge in [0.2, 0.25) is 0 Å². The zero-order valence-corrected chi connectivity index (χ0v) is 15.0. The van der Waals surface area contributed by atoms with E-state index in [1.165, 1.54) is 4.90 Å². The maximum Gasteiger partial charge on any atom is 0.261 e. The van der Waals surface area contributed by atoms with Crippen LogP contribution in [0, 0.1) is 6.92 Å². The Kier molecular flexibility index (Phi) is 4.12. The molecule has 0 saturated heterocycles. The number of carbonyl (C=O) groups is 2. The summed E-state index contributed by atoms with van der Waals surface area (Å²) in [5.74, 6) is 0.611. The Labute approximate surface area is 157 Å². The summed E-state index contributed by atoms with van der Waals surface area (Å²) < 4.78 is 5.92. The molecule has 4 rings (SSSR count). The van der Waals surface area contributed by atoms with Gasteiger partial charge in [0.05, 0.1) is 11.3 Å². The number of nitrogens with one attached hydrogen (secondary N) is 1. The standard InChI is InChI=1S/C22H18N2O3/c1-14-6-5-7-16(12-14)23-21(25)15-10-11-20-18(13-15)24(2)22(26)17-8-3-4-9-19(17)27-20/h3-13H,1-2H3,(H,23,25). The molecule has 1 aliphatic rings. The topological polar surface area (TPSA) is 58.6 Å². The van der Waals surface area contributed by atoms with Crippen LogP contribution in [0.1, 0.15) is 26.3 Å². The van der Waals surface area contributed by atoms with E-state index in [-0.39, 0.29) is 11.8 Å². The number of hydrogen-bond donors (Lipinski definition) is 1. The van der Waals surface area contributed by atoms with Crippen molar-refractivity contribution in [2.45, 2.75) is 6.92 Å². The normalized spacial score (nSPS) is 12.5. The fourth-order valence-electron chi connectivity index (χ4n) is 3.07. The Bertz CT molecular complexity index is 1060. The molecule has 0 aliphatic carbocycles. The molecule has 3 aromatic carbocycles. The van der Waals surface area contributed by atoms with Crippen LogP contribution < -0.4 is 15.0 Å². The predicted octanol–water partition coefficient (Wildman–Crippen LogP) is 4.63. The van der Waals surface area contributed by atoms with E-state index < -0.39 is 0 Å². The van der Waals surface area contributed by atoms with Crippen LogP contribution in [0.4, 0.5) is 11.4 Å². The van der Waals surface area contributed by atoms with Crippen molar-refractivity contribution < 1.29 is 14.3 Å². The number of benzene rings is 3. The molecule has 0 spiro atoms. The molecule has 0 aromatic heterocycles. The molecule has 0 atom stereocenters. The Morgan fingerprint density at radius 1 is 0.963 bits per heavy atom. The first kappa shape index (κ1) is 16.8.